The van der Waals surface area contributed by atoms with Gasteiger partial charge in [0.05, 0.1) is 0 Å². The Bertz CT molecular complexity index is 425. The van der Waals surface area contributed by atoms with Crippen molar-refractivity contribution in [2.75, 3.05) is 19.6 Å². The molecule has 1 atom stereocenters. The summed E-state index contributed by atoms with van der Waals surface area (Å²) in [6.07, 6.45) is 2.23. The second-order valence-corrected chi connectivity index (χ2v) is 8.19. The lowest BCUT2D eigenvalue weighted by Gasteiger charge is -2.48. The Hall–Kier alpha value is -0.910. The highest BCUT2D eigenvalue weighted by Crippen LogP contribution is 2.49. The summed E-state index contributed by atoms with van der Waals surface area (Å²) in [5, 5.41) is 0. The van der Waals surface area contributed by atoms with E-state index in [1.54, 1.807) is 4.90 Å². The zero-order valence-corrected chi connectivity index (χ0v) is 14.5. The van der Waals surface area contributed by atoms with Gasteiger partial charge in [-0.2, -0.15) is 0 Å². The summed E-state index contributed by atoms with van der Waals surface area (Å²) in [7, 11) is 0. The maximum absolute atomic E-state index is 13.5. The van der Waals surface area contributed by atoms with Gasteiger partial charge in [0.2, 0.25) is 5.92 Å². The van der Waals surface area contributed by atoms with Crippen LogP contribution in [0.1, 0.15) is 59.3 Å². The number of likely N-dealkylation sites (tertiary alicyclic amines) is 1. The number of ether oxygens (including phenoxy) is 1. The normalized spacial score (nSPS) is 27.6. The first-order valence-electron chi connectivity index (χ1n) is 8.63. The van der Waals surface area contributed by atoms with Gasteiger partial charge in [0.25, 0.3) is 0 Å². The number of nitrogens with two attached hydrogens (primary N) is 1. The third-order valence-corrected chi connectivity index (χ3v) is 5.32. The minimum atomic E-state index is -2.56. The zero-order valence-electron chi connectivity index (χ0n) is 14.5. The van der Waals surface area contributed by atoms with Gasteiger partial charge in [-0.05, 0) is 64.3 Å². The molecule has 1 saturated carbocycles. The number of hydrogen-bond donors (Lipinski definition) is 1. The molecule has 2 aliphatic rings. The van der Waals surface area contributed by atoms with Crippen molar-refractivity contribution in [1.29, 1.82) is 0 Å². The number of nitrogens with zero attached hydrogens (tertiary/aromatic N) is 1. The van der Waals surface area contributed by atoms with E-state index in [0.717, 1.165) is 12.8 Å². The first kappa shape index (κ1) is 18.4. The molecule has 0 radical (unpaired) electrons. The fraction of sp³-hybridized carbons (Fsp3) is 0.941. The van der Waals surface area contributed by atoms with Crippen LogP contribution in [0.2, 0.25) is 0 Å². The molecular formula is C17H30F2N2O2. The SMILES string of the molecule is CC(C)(C)OC(=O)N1CCCC(C2(CN)CCC(F)(F)CC2)C1. The van der Waals surface area contributed by atoms with E-state index in [9.17, 15) is 13.6 Å². The van der Waals surface area contributed by atoms with E-state index < -0.39 is 11.5 Å². The summed E-state index contributed by atoms with van der Waals surface area (Å²) in [5.41, 5.74) is 5.21. The average Bonchev–Trinajstić information content (AvgIpc) is 2.46. The number of piperidine rings is 1. The number of amides is 1. The number of hydrogen-bond acceptors (Lipinski definition) is 3. The Kier molecular flexibility index (Phi) is 5.24. The van der Waals surface area contributed by atoms with Crippen molar-refractivity contribution in [3.05, 3.63) is 0 Å². The number of rotatable bonds is 2. The van der Waals surface area contributed by atoms with Gasteiger partial charge in [-0.3, -0.25) is 0 Å². The second kappa shape index (κ2) is 6.54. The third kappa shape index (κ3) is 4.55. The van der Waals surface area contributed by atoms with Crippen LogP contribution in [-0.2, 0) is 4.74 Å². The molecule has 0 spiro atoms. The molecule has 1 unspecified atom stereocenters. The minimum Gasteiger partial charge on any atom is -0.444 e. The lowest BCUT2D eigenvalue weighted by Crippen LogP contribution is -2.51. The van der Waals surface area contributed by atoms with E-state index >= 15 is 0 Å². The summed E-state index contributed by atoms with van der Waals surface area (Å²) >= 11 is 0. The quantitative estimate of drug-likeness (QED) is 0.837. The molecule has 0 aromatic heterocycles. The number of alkyl halides is 2. The van der Waals surface area contributed by atoms with Crippen molar-refractivity contribution in [3.63, 3.8) is 0 Å². The molecule has 23 heavy (non-hydrogen) atoms. The number of carbonyl (C=O) groups is 1. The third-order valence-electron chi connectivity index (χ3n) is 5.32. The van der Waals surface area contributed by atoms with Crippen LogP contribution in [0.5, 0.6) is 0 Å². The van der Waals surface area contributed by atoms with Gasteiger partial charge < -0.3 is 15.4 Å². The number of carbonyl (C=O) groups excluding carboxylic acids is 1. The standard InChI is InChI=1S/C17H30F2N2O2/c1-15(2,3)23-14(22)21-10-4-5-13(11-21)16(12-20)6-8-17(18,19)9-7-16/h13H,4-12,20H2,1-3H3. The monoisotopic (exact) mass is 332 g/mol. The lowest BCUT2D eigenvalue weighted by atomic mass is 9.63. The minimum absolute atomic E-state index is 0.0901. The van der Waals surface area contributed by atoms with Crippen molar-refractivity contribution < 1.29 is 18.3 Å². The van der Waals surface area contributed by atoms with Crippen molar-refractivity contribution in [2.45, 2.75) is 70.8 Å². The maximum atomic E-state index is 13.5. The molecule has 1 aliphatic carbocycles. The molecule has 0 bridgehead atoms. The summed E-state index contributed by atoms with van der Waals surface area (Å²) < 4.78 is 32.5. The number of halogens is 2. The maximum Gasteiger partial charge on any atom is 0.410 e. The van der Waals surface area contributed by atoms with Crippen molar-refractivity contribution >= 4 is 6.09 Å². The molecule has 2 N–H and O–H groups in total. The molecular weight excluding hydrogens is 302 g/mol. The molecule has 1 heterocycles. The first-order valence-corrected chi connectivity index (χ1v) is 8.63. The van der Waals surface area contributed by atoms with Crippen LogP contribution in [0.3, 0.4) is 0 Å². The molecule has 1 saturated heterocycles. The van der Waals surface area contributed by atoms with Gasteiger partial charge in [0.1, 0.15) is 5.60 Å². The first-order chi connectivity index (χ1) is 10.6. The molecule has 134 valence electrons. The Labute approximate surface area is 137 Å². The summed E-state index contributed by atoms with van der Waals surface area (Å²) in [5.74, 6) is -2.37. The van der Waals surface area contributed by atoms with E-state index in [4.69, 9.17) is 10.5 Å². The van der Waals surface area contributed by atoms with Crippen LogP contribution >= 0.6 is 0 Å². The van der Waals surface area contributed by atoms with Gasteiger partial charge in [-0.1, -0.05) is 0 Å². The molecule has 2 rings (SSSR count). The summed E-state index contributed by atoms with van der Waals surface area (Å²) in [4.78, 5) is 14.0. The smallest absolute Gasteiger partial charge is 0.410 e. The molecule has 2 fully saturated rings. The van der Waals surface area contributed by atoms with Crippen LogP contribution in [0.4, 0.5) is 13.6 Å². The van der Waals surface area contributed by atoms with E-state index in [1.807, 2.05) is 20.8 Å². The van der Waals surface area contributed by atoms with Gasteiger partial charge in [0, 0.05) is 25.9 Å². The molecule has 0 aromatic carbocycles. The Balaban J connectivity index is 2.03. The fourth-order valence-corrected chi connectivity index (χ4v) is 3.86. The Morgan fingerprint density at radius 3 is 2.39 bits per heavy atom. The van der Waals surface area contributed by atoms with Gasteiger partial charge in [0.15, 0.2) is 0 Å². The predicted octanol–water partition coefficient (Wildman–Crippen LogP) is 3.79. The predicted molar refractivity (Wildman–Crippen MR) is 85.4 cm³/mol. The molecule has 4 nitrogen and oxygen atoms in total. The van der Waals surface area contributed by atoms with Gasteiger partial charge in [-0.15, -0.1) is 0 Å². The van der Waals surface area contributed by atoms with Gasteiger partial charge >= 0.3 is 6.09 Å². The summed E-state index contributed by atoms with van der Waals surface area (Å²) in [6.45, 7) is 7.18. The van der Waals surface area contributed by atoms with E-state index in [-0.39, 0.29) is 30.3 Å². The largest absolute Gasteiger partial charge is 0.444 e. The average molecular weight is 332 g/mol. The molecule has 6 heteroatoms. The van der Waals surface area contributed by atoms with E-state index in [1.165, 1.54) is 0 Å². The highest BCUT2D eigenvalue weighted by Gasteiger charge is 2.48. The van der Waals surface area contributed by atoms with Crippen LogP contribution < -0.4 is 5.73 Å². The second-order valence-electron chi connectivity index (χ2n) is 8.19. The van der Waals surface area contributed by atoms with Crippen molar-refractivity contribution in [3.8, 4) is 0 Å². The highest BCUT2D eigenvalue weighted by atomic mass is 19.3. The van der Waals surface area contributed by atoms with Gasteiger partial charge in [-0.25, -0.2) is 13.6 Å². The Morgan fingerprint density at radius 2 is 1.87 bits per heavy atom. The van der Waals surface area contributed by atoms with Crippen molar-refractivity contribution in [2.24, 2.45) is 17.1 Å². The Morgan fingerprint density at radius 1 is 1.26 bits per heavy atom. The lowest BCUT2D eigenvalue weighted by molar-refractivity contribution is -0.0867. The zero-order chi connectivity index (χ0) is 17.3. The summed E-state index contributed by atoms with van der Waals surface area (Å²) in [6, 6.07) is 0. The van der Waals surface area contributed by atoms with Crippen LogP contribution in [0.15, 0.2) is 0 Å². The van der Waals surface area contributed by atoms with E-state index in [0.29, 0.717) is 32.5 Å². The van der Waals surface area contributed by atoms with Crippen LogP contribution in [0.25, 0.3) is 0 Å². The molecule has 0 aromatic rings. The van der Waals surface area contributed by atoms with E-state index in [2.05, 4.69) is 0 Å². The topological polar surface area (TPSA) is 55.6 Å². The highest BCUT2D eigenvalue weighted by molar-refractivity contribution is 5.68. The van der Waals surface area contributed by atoms with Crippen LogP contribution in [0, 0.1) is 11.3 Å². The van der Waals surface area contributed by atoms with Crippen LogP contribution in [-0.4, -0.2) is 42.2 Å². The van der Waals surface area contributed by atoms with Crippen molar-refractivity contribution in [1.82, 2.24) is 4.90 Å². The fourth-order valence-electron chi connectivity index (χ4n) is 3.86. The molecule has 1 amide bonds. The molecule has 1 aliphatic heterocycles.